The topological polar surface area (TPSA) is 105 Å². The molecule has 0 radical (unpaired) electrons. The lowest BCUT2D eigenvalue weighted by Gasteiger charge is -2.31. The molecule has 188 valence electrons. The van der Waals surface area contributed by atoms with E-state index in [1.165, 1.54) is 4.90 Å². The maximum Gasteiger partial charge on any atom is 0.281 e. The summed E-state index contributed by atoms with van der Waals surface area (Å²) in [5, 5.41) is 13.4. The average molecular weight is 507 g/mol. The van der Waals surface area contributed by atoms with Gasteiger partial charge in [0.1, 0.15) is 29.8 Å². The number of nitriles is 1. The van der Waals surface area contributed by atoms with E-state index < -0.39 is 59.1 Å². The van der Waals surface area contributed by atoms with Crippen molar-refractivity contribution in [3.8, 4) is 11.9 Å². The van der Waals surface area contributed by atoms with Crippen LogP contribution in [0.5, 0.6) is 5.88 Å². The Morgan fingerprint density at radius 2 is 1.86 bits per heavy atom. The Labute approximate surface area is 201 Å². The SMILES string of the molecule is Cc1nc(C2CCN(C(=O)c3cc(C#N)c(OCc4cc(F)c(F)cc4F)nc3C(F)F)CC2)no1. The highest BCUT2D eigenvalue weighted by Gasteiger charge is 2.31. The highest BCUT2D eigenvalue weighted by molar-refractivity contribution is 5.96. The fourth-order valence-corrected chi connectivity index (χ4v) is 3.85. The highest BCUT2D eigenvalue weighted by atomic mass is 19.3. The Kier molecular flexibility index (Phi) is 7.14. The zero-order chi connectivity index (χ0) is 26.0. The standard InChI is InChI=1S/C23H18F5N5O3/c1-11-30-21(32-36-11)12-2-4-33(5-3-12)23(34)15-6-13(9-29)22(31-19(15)20(27)28)35-10-14-7-17(25)18(26)8-16(14)24/h6-8,12,20H,2-5,10H2,1H3. The van der Waals surface area contributed by atoms with Crippen molar-refractivity contribution in [2.75, 3.05) is 13.1 Å². The van der Waals surface area contributed by atoms with Crippen LogP contribution >= 0.6 is 0 Å². The minimum Gasteiger partial charge on any atom is -0.472 e. The fraction of sp³-hybridized carbons (Fsp3) is 0.348. The van der Waals surface area contributed by atoms with Gasteiger partial charge in [0, 0.05) is 37.6 Å². The van der Waals surface area contributed by atoms with E-state index in [0.717, 1.165) is 6.07 Å². The van der Waals surface area contributed by atoms with E-state index in [1.54, 1.807) is 13.0 Å². The van der Waals surface area contributed by atoms with Crippen LogP contribution in [0.1, 0.15) is 64.1 Å². The molecule has 8 nitrogen and oxygen atoms in total. The van der Waals surface area contributed by atoms with Crippen LogP contribution in [-0.4, -0.2) is 39.0 Å². The van der Waals surface area contributed by atoms with Crippen LogP contribution in [0.15, 0.2) is 22.7 Å². The van der Waals surface area contributed by atoms with E-state index in [2.05, 4.69) is 15.1 Å². The van der Waals surface area contributed by atoms with E-state index >= 15 is 0 Å². The number of aryl methyl sites for hydroxylation is 1. The normalized spacial score (nSPS) is 14.2. The molecule has 4 rings (SSSR count). The largest absolute Gasteiger partial charge is 0.472 e. The predicted octanol–water partition coefficient (Wildman–Crippen LogP) is 4.60. The molecular weight excluding hydrogens is 489 g/mol. The number of piperidine rings is 1. The van der Waals surface area contributed by atoms with Gasteiger partial charge in [-0.3, -0.25) is 4.79 Å². The van der Waals surface area contributed by atoms with E-state index in [-0.39, 0.29) is 24.6 Å². The van der Waals surface area contributed by atoms with Crippen molar-refractivity contribution in [3.05, 3.63) is 69.8 Å². The summed E-state index contributed by atoms with van der Waals surface area (Å²) in [6.45, 7) is 1.40. The first-order valence-electron chi connectivity index (χ1n) is 10.8. The summed E-state index contributed by atoms with van der Waals surface area (Å²) in [7, 11) is 0. The molecule has 0 N–H and O–H groups in total. The first-order chi connectivity index (χ1) is 17.2. The van der Waals surface area contributed by atoms with E-state index in [4.69, 9.17) is 9.26 Å². The number of ether oxygens (including phenoxy) is 1. The molecule has 0 saturated carbocycles. The maximum absolute atomic E-state index is 13.9. The molecular formula is C23H18F5N5O3. The number of benzene rings is 1. The zero-order valence-corrected chi connectivity index (χ0v) is 18.8. The van der Waals surface area contributed by atoms with Crippen molar-refractivity contribution in [1.82, 2.24) is 20.0 Å². The van der Waals surface area contributed by atoms with Gasteiger partial charge in [0.2, 0.25) is 11.8 Å². The minimum atomic E-state index is -3.20. The number of aromatic nitrogens is 3. The van der Waals surface area contributed by atoms with Gasteiger partial charge in [-0.25, -0.2) is 26.9 Å². The number of nitrogens with zero attached hydrogens (tertiary/aromatic N) is 5. The lowest BCUT2D eigenvalue weighted by atomic mass is 9.95. The summed E-state index contributed by atoms with van der Waals surface area (Å²) < 4.78 is 78.2. The number of hydrogen-bond acceptors (Lipinski definition) is 7. The Bertz CT molecular complexity index is 1330. The van der Waals surface area contributed by atoms with Gasteiger partial charge in [0.25, 0.3) is 12.3 Å². The molecule has 0 atom stereocenters. The molecule has 0 spiro atoms. The smallest absolute Gasteiger partial charge is 0.281 e. The monoisotopic (exact) mass is 507 g/mol. The third kappa shape index (κ3) is 5.12. The Hall–Kier alpha value is -4.08. The van der Waals surface area contributed by atoms with Gasteiger partial charge in [-0.1, -0.05) is 5.16 Å². The molecule has 13 heteroatoms. The van der Waals surface area contributed by atoms with E-state index in [1.807, 2.05) is 0 Å². The molecule has 1 saturated heterocycles. The molecule has 2 aromatic heterocycles. The lowest BCUT2D eigenvalue weighted by Crippen LogP contribution is -2.38. The van der Waals surface area contributed by atoms with Gasteiger partial charge in [-0.15, -0.1) is 0 Å². The first kappa shape index (κ1) is 25.0. The number of alkyl halides is 2. The highest BCUT2D eigenvalue weighted by Crippen LogP contribution is 2.31. The molecule has 3 heterocycles. The quantitative estimate of drug-likeness (QED) is 0.355. The maximum atomic E-state index is 13.9. The number of likely N-dealkylation sites (tertiary alicyclic amines) is 1. The Balaban J connectivity index is 1.54. The van der Waals surface area contributed by atoms with Crippen molar-refractivity contribution in [2.24, 2.45) is 0 Å². The molecule has 0 unspecified atom stereocenters. The van der Waals surface area contributed by atoms with Gasteiger partial charge < -0.3 is 14.2 Å². The van der Waals surface area contributed by atoms with Crippen molar-refractivity contribution in [3.63, 3.8) is 0 Å². The summed E-state index contributed by atoms with van der Waals surface area (Å²) in [4.78, 5) is 22.3. The zero-order valence-electron chi connectivity index (χ0n) is 18.8. The molecule has 1 amide bonds. The molecule has 36 heavy (non-hydrogen) atoms. The molecule has 1 fully saturated rings. The van der Waals surface area contributed by atoms with Crippen LogP contribution in [0, 0.1) is 35.7 Å². The van der Waals surface area contributed by atoms with Crippen LogP contribution in [0.25, 0.3) is 0 Å². The Morgan fingerprint density at radius 1 is 1.17 bits per heavy atom. The third-order valence-electron chi connectivity index (χ3n) is 5.72. The summed E-state index contributed by atoms with van der Waals surface area (Å²) in [6, 6.07) is 3.49. The van der Waals surface area contributed by atoms with Crippen LogP contribution in [0.4, 0.5) is 22.0 Å². The summed E-state index contributed by atoms with van der Waals surface area (Å²) >= 11 is 0. The molecule has 1 aliphatic rings. The first-order valence-corrected chi connectivity index (χ1v) is 10.8. The number of amides is 1. The predicted molar refractivity (Wildman–Crippen MR) is 111 cm³/mol. The van der Waals surface area contributed by atoms with Crippen molar-refractivity contribution < 1.29 is 36.0 Å². The minimum absolute atomic E-state index is 0.0543. The van der Waals surface area contributed by atoms with Gasteiger partial charge in [-0.2, -0.15) is 10.2 Å². The second-order valence-corrected chi connectivity index (χ2v) is 8.07. The molecule has 0 bridgehead atoms. The molecule has 1 aromatic carbocycles. The second-order valence-electron chi connectivity index (χ2n) is 8.07. The van der Waals surface area contributed by atoms with Gasteiger partial charge >= 0.3 is 0 Å². The second kappa shape index (κ2) is 10.3. The average Bonchev–Trinajstić information content (AvgIpc) is 3.30. The van der Waals surface area contributed by atoms with Gasteiger partial charge in [0.15, 0.2) is 17.5 Å². The number of rotatable bonds is 6. The van der Waals surface area contributed by atoms with Crippen LogP contribution in [-0.2, 0) is 6.61 Å². The molecule has 3 aromatic rings. The van der Waals surface area contributed by atoms with Crippen molar-refractivity contribution in [2.45, 2.75) is 38.7 Å². The van der Waals surface area contributed by atoms with Crippen LogP contribution < -0.4 is 4.74 Å². The number of carbonyl (C=O) groups is 1. The summed E-state index contributed by atoms with van der Waals surface area (Å²) in [6.07, 6.45) is -2.23. The van der Waals surface area contributed by atoms with Crippen LogP contribution in [0.2, 0.25) is 0 Å². The van der Waals surface area contributed by atoms with E-state index in [9.17, 15) is 32.0 Å². The van der Waals surface area contributed by atoms with Crippen LogP contribution in [0.3, 0.4) is 0 Å². The van der Waals surface area contributed by atoms with Gasteiger partial charge in [0.05, 0.1) is 5.56 Å². The number of carbonyl (C=O) groups excluding carboxylic acids is 1. The molecule has 0 aliphatic carbocycles. The number of hydrogen-bond donors (Lipinski definition) is 0. The number of pyridine rings is 1. The Morgan fingerprint density at radius 3 is 2.47 bits per heavy atom. The summed E-state index contributed by atoms with van der Waals surface area (Å²) in [5.41, 5.74) is -2.17. The van der Waals surface area contributed by atoms with E-state index in [0.29, 0.717) is 36.7 Å². The van der Waals surface area contributed by atoms with Gasteiger partial charge in [-0.05, 0) is 25.0 Å². The van der Waals surface area contributed by atoms with Crippen molar-refractivity contribution >= 4 is 5.91 Å². The summed E-state index contributed by atoms with van der Waals surface area (Å²) in [5.74, 6) is -4.35. The van der Waals surface area contributed by atoms with Crippen molar-refractivity contribution in [1.29, 1.82) is 5.26 Å². The number of halogens is 5. The lowest BCUT2D eigenvalue weighted by molar-refractivity contribution is 0.0696. The fourth-order valence-electron chi connectivity index (χ4n) is 3.85. The molecule has 1 aliphatic heterocycles. The third-order valence-corrected chi connectivity index (χ3v) is 5.72.